The molecular formula is C19H24IN3O3S. The van der Waals surface area contributed by atoms with Crippen molar-refractivity contribution in [3.8, 4) is 11.5 Å². The van der Waals surface area contributed by atoms with Gasteiger partial charge in [-0.2, -0.15) is 0 Å². The van der Waals surface area contributed by atoms with Gasteiger partial charge in [-0.15, -0.1) is 24.0 Å². The highest BCUT2D eigenvalue weighted by Gasteiger charge is 2.10. The van der Waals surface area contributed by atoms with Crippen molar-refractivity contribution in [1.29, 1.82) is 0 Å². The fourth-order valence-corrected chi connectivity index (χ4v) is 3.53. The van der Waals surface area contributed by atoms with E-state index in [9.17, 15) is 4.21 Å². The van der Waals surface area contributed by atoms with Crippen molar-refractivity contribution in [2.24, 2.45) is 10.7 Å². The van der Waals surface area contributed by atoms with Crippen molar-refractivity contribution >= 4 is 46.4 Å². The lowest BCUT2D eigenvalue weighted by atomic mass is 10.2. The highest BCUT2D eigenvalue weighted by molar-refractivity contribution is 14.0. The van der Waals surface area contributed by atoms with Crippen LogP contribution in [-0.2, 0) is 16.6 Å². The SMILES string of the molecule is I.NC(=NCCS(=O)Cc1ccccc1)Nc1ccc2c(c1)OCCCO2. The quantitative estimate of drug-likeness (QED) is 0.361. The third-order valence-electron chi connectivity index (χ3n) is 3.79. The number of benzene rings is 2. The highest BCUT2D eigenvalue weighted by atomic mass is 127. The zero-order valence-electron chi connectivity index (χ0n) is 14.9. The van der Waals surface area contributed by atoms with Crippen molar-refractivity contribution in [1.82, 2.24) is 0 Å². The van der Waals surface area contributed by atoms with Crippen LogP contribution in [-0.4, -0.2) is 35.7 Å². The first-order valence-corrected chi connectivity index (χ1v) is 10.0. The van der Waals surface area contributed by atoms with E-state index in [1.54, 1.807) is 0 Å². The van der Waals surface area contributed by atoms with Crippen LogP contribution in [0.5, 0.6) is 11.5 Å². The molecule has 3 rings (SSSR count). The first-order chi connectivity index (χ1) is 12.7. The van der Waals surface area contributed by atoms with Crippen molar-refractivity contribution < 1.29 is 13.7 Å². The summed E-state index contributed by atoms with van der Waals surface area (Å²) in [6.07, 6.45) is 0.862. The summed E-state index contributed by atoms with van der Waals surface area (Å²) in [4.78, 5) is 4.25. The maximum atomic E-state index is 12.1. The van der Waals surface area contributed by atoms with E-state index >= 15 is 0 Å². The predicted octanol–water partition coefficient (Wildman–Crippen LogP) is 3.14. The van der Waals surface area contributed by atoms with Crippen LogP contribution in [0.1, 0.15) is 12.0 Å². The number of nitrogens with one attached hydrogen (secondary N) is 1. The zero-order valence-corrected chi connectivity index (χ0v) is 18.1. The molecule has 1 atom stereocenters. The highest BCUT2D eigenvalue weighted by Crippen LogP contribution is 2.32. The summed E-state index contributed by atoms with van der Waals surface area (Å²) in [7, 11) is -0.965. The molecule has 0 fully saturated rings. The topological polar surface area (TPSA) is 85.9 Å². The summed E-state index contributed by atoms with van der Waals surface area (Å²) < 4.78 is 23.3. The summed E-state index contributed by atoms with van der Waals surface area (Å²) >= 11 is 0. The van der Waals surface area contributed by atoms with Gasteiger partial charge in [-0.25, -0.2) is 0 Å². The van der Waals surface area contributed by atoms with Gasteiger partial charge in [0.2, 0.25) is 0 Å². The number of hydrogen-bond donors (Lipinski definition) is 2. The number of anilines is 1. The van der Waals surface area contributed by atoms with Gasteiger partial charge in [0, 0.05) is 40.5 Å². The molecule has 0 amide bonds. The Morgan fingerprint density at radius 2 is 1.85 bits per heavy atom. The Morgan fingerprint density at radius 1 is 1.11 bits per heavy atom. The van der Waals surface area contributed by atoms with Gasteiger partial charge in [-0.1, -0.05) is 30.3 Å². The van der Waals surface area contributed by atoms with Gasteiger partial charge in [-0.05, 0) is 17.7 Å². The van der Waals surface area contributed by atoms with E-state index in [0.29, 0.717) is 37.0 Å². The second-order valence-corrected chi connectivity index (χ2v) is 7.45. The number of ether oxygens (including phenoxy) is 2. The van der Waals surface area contributed by atoms with Crippen molar-refractivity contribution in [3.63, 3.8) is 0 Å². The van der Waals surface area contributed by atoms with E-state index in [1.807, 2.05) is 48.5 Å². The number of nitrogens with zero attached hydrogens (tertiary/aromatic N) is 1. The van der Waals surface area contributed by atoms with Gasteiger partial charge in [-0.3, -0.25) is 9.20 Å². The van der Waals surface area contributed by atoms with E-state index in [2.05, 4.69) is 10.3 Å². The van der Waals surface area contributed by atoms with Crippen LogP contribution in [0.4, 0.5) is 5.69 Å². The van der Waals surface area contributed by atoms with Crippen LogP contribution in [0.2, 0.25) is 0 Å². The van der Waals surface area contributed by atoms with E-state index in [-0.39, 0.29) is 29.9 Å². The number of nitrogens with two attached hydrogens (primary N) is 1. The van der Waals surface area contributed by atoms with Crippen molar-refractivity contribution in [2.75, 3.05) is 30.8 Å². The molecule has 6 nitrogen and oxygen atoms in total. The van der Waals surface area contributed by atoms with Gasteiger partial charge in [0.1, 0.15) is 0 Å². The van der Waals surface area contributed by atoms with Gasteiger partial charge in [0.25, 0.3) is 0 Å². The maximum Gasteiger partial charge on any atom is 0.193 e. The van der Waals surface area contributed by atoms with Crippen molar-refractivity contribution in [3.05, 3.63) is 54.1 Å². The molecule has 8 heteroatoms. The Balaban J connectivity index is 0.00000261. The minimum absolute atomic E-state index is 0. The Labute approximate surface area is 179 Å². The summed E-state index contributed by atoms with van der Waals surface area (Å²) in [6, 6.07) is 15.3. The molecule has 1 aliphatic rings. The molecule has 1 unspecified atom stereocenters. The summed E-state index contributed by atoms with van der Waals surface area (Å²) in [6.45, 7) is 1.69. The Bertz CT molecular complexity index is 787. The fraction of sp³-hybridized carbons (Fsp3) is 0.316. The van der Waals surface area contributed by atoms with E-state index in [4.69, 9.17) is 15.2 Å². The molecule has 0 spiro atoms. The summed E-state index contributed by atoms with van der Waals surface area (Å²) in [5.41, 5.74) is 7.76. The molecule has 0 radical (unpaired) electrons. The Hall–Kier alpha value is -1.81. The first kappa shape index (κ1) is 21.5. The molecule has 1 heterocycles. The number of hydrogen-bond acceptors (Lipinski definition) is 4. The summed E-state index contributed by atoms with van der Waals surface area (Å²) in [5, 5.41) is 3.03. The Kier molecular flexibility index (Phi) is 8.86. The molecule has 3 N–H and O–H groups in total. The average molecular weight is 501 g/mol. The molecule has 27 heavy (non-hydrogen) atoms. The molecule has 2 aromatic rings. The largest absolute Gasteiger partial charge is 0.490 e. The lowest BCUT2D eigenvalue weighted by molar-refractivity contribution is 0.297. The number of aliphatic imine (C=N–C) groups is 1. The molecule has 2 aromatic carbocycles. The van der Waals surface area contributed by atoms with E-state index in [0.717, 1.165) is 23.4 Å². The molecule has 146 valence electrons. The van der Waals surface area contributed by atoms with Gasteiger partial charge in [0.15, 0.2) is 17.5 Å². The number of guanidine groups is 1. The number of rotatable bonds is 6. The lowest BCUT2D eigenvalue weighted by Gasteiger charge is -2.10. The van der Waals surface area contributed by atoms with Crippen molar-refractivity contribution in [2.45, 2.75) is 12.2 Å². The van der Waals surface area contributed by atoms with Crippen LogP contribution in [0.3, 0.4) is 0 Å². The smallest absolute Gasteiger partial charge is 0.193 e. The molecule has 0 saturated carbocycles. The van der Waals surface area contributed by atoms with Crippen LogP contribution in [0.25, 0.3) is 0 Å². The lowest BCUT2D eigenvalue weighted by Crippen LogP contribution is -2.23. The molecule has 0 saturated heterocycles. The number of fused-ring (bicyclic) bond motifs is 1. The minimum Gasteiger partial charge on any atom is -0.490 e. The normalized spacial score (nSPS) is 14.6. The molecule has 0 aliphatic carbocycles. The number of halogens is 1. The molecular weight excluding hydrogens is 477 g/mol. The molecule has 0 bridgehead atoms. The Morgan fingerprint density at radius 3 is 2.63 bits per heavy atom. The summed E-state index contributed by atoms with van der Waals surface area (Å²) in [5.74, 6) is 2.73. The van der Waals surface area contributed by atoms with E-state index in [1.165, 1.54) is 0 Å². The van der Waals surface area contributed by atoms with Crippen LogP contribution >= 0.6 is 24.0 Å². The zero-order chi connectivity index (χ0) is 18.2. The third-order valence-corrected chi connectivity index (χ3v) is 5.08. The fourth-order valence-electron chi connectivity index (χ4n) is 2.53. The van der Waals surface area contributed by atoms with Crippen LogP contribution in [0, 0.1) is 0 Å². The van der Waals surface area contributed by atoms with E-state index < -0.39 is 10.8 Å². The average Bonchev–Trinajstić information content (AvgIpc) is 2.87. The van der Waals surface area contributed by atoms with Gasteiger partial charge in [0.05, 0.1) is 19.8 Å². The third kappa shape index (κ3) is 7.02. The molecule has 0 aromatic heterocycles. The predicted molar refractivity (Wildman–Crippen MR) is 121 cm³/mol. The van der Waals surface area contributed by atoms with Crippen LogP contribution in [0.15, 0.2) is 53.5 Å². The second-order valence-electron chi connectivity index (χ2n) is 5.88. The standard InChI is InChI=1S/C19H23N3O3S.HI/c20-19(21-9-12-26(23)14-15-5-2-1-3-6-15)22-16-7-8-17-18(13-16)25-11-4-10-24-17;/h1-3,5-8,13H,4,9-12,14H2,(H3,20,21,22);1H. The van der Waals surface area contributed by atoms with Gasteiger partial charge < -0.3 is 20.5 Å². The second kappa shape index (κ2) is 11.1. The monoisotopic (exact) mass is 501 g/mol. The van der Waals surface area contributed by atoms with Crippen LogP contribution < -0.4 is 20.5 Å². The minimum atomic E-state index is -0.965. The van der Waals surface area contributed by atoms with Gasteiger partial charge >= 0.3 is 0 Å². The first-order valence-electron chi connectivity index (χ1n) is 8.56. The maximum absolute atomic E-state index is 12.1. The molecule has 1 aliphatic heterocycles.